The van der Waals surface area contributed by atoms with E-state index in [-0.39, 0.29) is 24.4 Å². The van der Waals surface area contributed by atoms with Gasteiger partial charge in [0, 0.05) is 45.3 Å². The van der Waals surface area contributed by atoms with E-state index in [2.05, 4.69) is 44.6 Å². The molecule has 1 N–H and O–H groups in total. The van der Waals surface area contributed by atoms with Gasteiger partial charge in [0.25, 0.3) is 0 Å². The van der Waals surface area contributed by atoms with Crippen LogP contribution in [0.5, 0.6) is 0 Å². The van der Waals surface area contributed by atoms with Gasteiger partial charge in [-0.05, 0) is 43.9 Å². The van der Waals surface area contributed by atoms with E-state index in [1.807, 2.05) is 4.90 Å². The van der Waals surface area contributed by atoms with Gasteiger partial charge < -0.3 is 19.7 Å². The lowest BCUT2D eigenvalue weighted by molar-refractivity contribution is -0.144. The van der Waals surface area contributed by atoms with E-state index < -0.39 is 0 Å². The standard InChI is InChI=1S/C26H45N5O2/c1-6-8-21-23(9-7-2)29(5)24(28-21)17-20-10-13-30(14-11-20)25(32)18-31-15-12-27-22(26(31)33)16-19(3)4/h19-20,22,27H,6-18H2,1-5H3. The maximum atomic E-state index is 12.9. The van der Waals surface area contributed by atoms with Crippen molar-refractivity contribution in [1.82, 2.24) is 24.7 Å². The highest BCUT2D eigenvalue weighted by Gasteiger charge is 2.32. The summed E-state index contributed by atoms with van der Waals surface area (Å²) in [6.07, 6.45) is 8.25. The molecule has 2 aliphatic rings. The average molecular weight is 460 g/mol. The first-order chi connectivity index (χ1) is 15.8. The lowest BCUT2D eigenvalue weighted by Gasteiger charge is -2.36. The Hall–Kier alpha value is -1.89. The molecule has 186 valence electrons. The summed E-state index contributed by atoms with van der Waals surface area (Å²) in [5, 5.41) is 3.31. The minimum absolute atomic E-state index is 0.0822. The van der Waals surface area contributed by atoms with Crippen LogP contribution in [-0.4, -0.2) is 69.9 Å². The zero-order chi connectivity index (χ0) is 24.0. The fourth-order valence-corrected chi connectivity index (χ4v) is 5.33. The second kappa shape index (κ2) is 12.0. The number of piperazine rings is 1. The van der Waals surface area contributed by atoms with Gasteiger partial charge in [0.2, 0.25) is 11.8 Å². The molecule has 1 atom stereocenters. The fraction of sp³-hybridized carbons (Fsp3) is 0.808. The number of nitrogens with zero attached hydrogens (tertiary/aromatic N) is 4. The van der Waals surface area contributed by atoms with Crippen LogP contribution in [0.15, 0.2) is 0 Å². The van der Waals surface area contributed by atoms with E-state index in [1.54, 1.807) is 4.90 Å². The van der Waals surface area contributed by atoms with Crippen LogP contribution >= 0.6 is 0 Å². The van der Waals surface area contributed by atoms with Crippen molar-refractivity contribution in [3.63, 3.8) is 0 Å². The minimum Gasteiger partial charge on any atom is -0.341 e. The van der Waals surface area contributed by atoms with Crippen LogP contribution in [0, 0.1) is 11.8 Å². The third-order valence-electron chi connectivity index (χ3n) is 7.22. The molecule has 0 aliphatic carbocycles. The summed E-state index contributed by atoms with van der Waals surface area (Å²) in [6, 6.07) is -0.148. The Kier molecular flexibility index (Phi) is 9.36. The normalized spacial score (nSPS) is 20.2. The number of hydrogen-bond acceptors (Lipinski definition) is 4. The fourth-order valence-electron chi connectivity index (χ4n) is 5.33. The number of carbonyl (C=O) groups excluding carboxylic acids is 2. The van der Waals surface area contributed by atoms with Crippen LogP contribution in [0.25, 0.3) is 0 Å². The number of nitrogens with one attached hydrogen (secondary N) is 1. The molecule has 3 heterocycles. The molecule has 7 heteroatoms. The monoisotopic (exact) mass is 459 g/mol. The molecule has 1 aromatic rings. The summed E-state index contributed by atoms with van der Waals surface area (Å²) in [5.74, 6) is 2.40. The summed E-state index contributed by atoms with van der Waals surface area (Å²) in [5.41, 5.74) is 2.68. The molecule has 1 unspecified atom stereocenters. The Balaban J connectivity index is 1.51. The first-order valence-electron chi connectivity index (χ1n) is 13.2. The number of hydrogen-bond donors (Lipinski definition) is 1. The molecule has 33 heavy (non-hydrogen) atoms. The summed E-state index contributed by atoms with van der Waals surface area (Å²) in [4.78, 5) is 34.5. The first-order valence-corrected chi connectivity index (χ1v) is 13.2. The van der Waals surface area contributed by atoms with Crippen LogP contribution in [0.4, 0.5) is 0 Å². The Bertz CT molecular complexity index is 795. The first kappa shape index (κ1) is 25.7. The van der Waals surface area contributed by atoms with Crippen molar-refractivity contribution < 1.29 is 9.59 Å². The van der Waals surface area contributed by atoms with Gasteiger partial charge in [-0.25, -0.2) is 4.98 Å². The van der Waals surface area contributed by atoms with E-state index in [0.29, 0.717) is 18.4 Å². The Morgan fingerprint density at radius 3 is 2.45 bits per heavy atom. The average Bonchev–Trinajstić information content (AvgIpc) is 3.06. The number of piperidine rings is 1. The molecule has 2 fully saturated rings. The third kappa shape index (κ3) is 6.58. The number of amides is 2. The van der Waals surface area contributed by atoms with E-state index >= 15 is 0 Å². The van der Waals surface area contributed by atoms with Crippen molar-refractivity contribution in [2.75, 3.05) is 32.7 Å². The van der Waals surface area contributed by atoms with Crippen molar-refractivity contribution in [1.29, 1.82) is 0 Å². The van der Waals surface area contributed by atoms with Gasteiger partial charge in [0.15, 0.2) is 0 Å². The van der Waals surface area contributed by atoms with Crippen LogP contribution in [0.2, 0.25) is 0 Å². The second-order valence-corrected chi connectivity index (χ2v) is 10.4. The molecular weight excluding hydrogens is 414 g/mol. The number of carbonyl (C=O) groups is 2. The molecule has 2 aliphatic heterocycles. The van der Waals surface area contributed by atoms with E-state index in [1.165, 1.54) is 17.2 Å². The van der Waals surface area contributed by atoms with Crippen molar-refractivity contribution in [3.05, 3.63) is 17.2 Å². The molecular formula is C26H45N5O2. The summed E-state index contributed by atoms with van der Waals surface area (Å²) < 4.78 is 2.33. The van der Waals surface area contributed by atoms with Crippen molar-refractivity contribution >= 4 is 11.8 Å². The SMILES string of the molecule is CCCc1nc(CC2CCN(C(=O)CN3CCNC(CC(C)C)C3=O)CC2)n(C)c1CCC. The summed E-state index contributed by atoms with van der Waals surface area (Å²) in [7, 11) is 2.17. The number of rotatable bonds is 10. The third-order valence-corrected chi connectivity index (χ3v) is 7.22. The zero-order valence-corrected chi connectivity index (χ0v) is 21.5. The molecule has 2 saturated heterocycles. The van der Waals surface area contributed by atoms with Crippen LogP contribution in [0.3, 0.4) is 0 Å². The Morgan fingerprint density at radius 1 is 1.12 bits per heavy atom. The molecule has 0 bridgehead atoms. The molecule has 0 saturated carbocycles. The van der Waals surface area contributed by atoms with Gasteiger partial charge in [-0.3, -0.25) is 9.59 Å². The lowest BCUT2D eigenvalue weighted by atomic mass is 9.93. The molecule has 2 amide bonds. The lowest BCUT2D eigenvalue weighted by Crippen LogP contribution is -2.57. The molecule has 7 nitrogen and oxygen atoms in total. The minimum atomic E-state index is -0.148. The van der Waals surface area contributed by atoms with Gasteiger partial charge >= 0.3 is 0 Å². The van der Waals surface area contributed by atoms with E-state index in [0.717, 1.165) is 71.0 Å². The van der Waals surface area contributed by atoms with Gasteiger partial charge in [-0.1, -0.05) is 40.5 Å². The highest BCUT2D eigenvalue weighted by atomic mass is 16.2. The second-order valence-electron chi connectivity index (χ2n) is 10.4. The predicted octanol–water partition coefficient (Wildman–Crippen LogP) is 2.95. The van der Waals surface area contributed by atoms with Crippen molar-refractivity contribution in [3.8, 4) is 0 Å². The van der Waals surface area contributed by atoms with Crippen LogP contribution in [0.1, 0.15) is 77.0 Å². The summed E-state index contributed by atoms with van der Waals surface area (Å²) >= 11 is 0. The molecule has 1 aromatic heterocycles. The van der Waals surface area contributed by atoms with Crippen LogP contribution < -0.4 is 5.32 Å². The van der Waals surface area contributed by atoms with Gasteiger partial charge in [-0.2, -0.15) is 0 Å². The quantitative estimate of drug-likeness (QED) is 0.584. The maximum absolute atomic E-state index is 12.9. The number of imidazole rings is 1. The summed E-state index contributed by atoms with van der Waals surface area (Å²) in [6.45, 7) is 11.9. The van der Waals surface area contributed by atoms with Gasteiger partial charge in [0.05, 0.1) is 18.3 Å². The largest absolute Gasteiger partial charge is 0.341 e. The molecule has 0 radical (unpaired) electrons. The zero-order valence-electron chi connectivity index (χ0n) is 21.5. The predicted molar refractivity (Wildman–Crippen MR) is 132 cm³/mol. The number of aryl methyl sites for hydroxylation is 1. The molecule has 0 aromatic carbocycles. The van der Waals surface area contributed by atoms with Crippen LogP contribution in [-0.2, 0) is 35.9 Å². The van der Waals surface area contributed by atoms with Gasteiger partial charge in [0.1, 0.15) is 5.82 Å². The van der Waals surface area contributed by atoms with E-state index in [9.17, 15) is 9.59 Å². The van der Waals surface area contributed by atoms with Gasteiger partial charge in [-0.15, -0.1) is 0 Å². The number of likely N-dealkylation sites (tertiary alicyclic amines) is 1. The van der Waals surface area contributed by atoms with Crippen molar-refractivity contribution in [2.24, 2.45) is 18.9 Å². The molecule has 0 spiro atoms. The highest BCUT2D eigenvalue weighted by molar-refractivity contribution is 5.88. The number of aromatic nitrogens is 2. The van der Waals surface area contributed by atoms with Crippen molar-refractivity contribution in [2.45, 2.75) is 85.1 Å². The molecule has 3 rings (SSSR count). The maximum Gasteiger partial charge on any atom is 0.242 e. The smallest absolute Gasteiger partial charge is 0.242 e. The van der Waals surface area contributed by atoms with E-state index in [4.69, 9.17) is 4.98 Å². The Labute approximate surface area is 200 Å². The Morgan fingerprint density at radius 2 is 1.82 bits per heavy atom. The topological polar surface area (TPSA) is 70.5 Å². The highest BCUT2D eigenvalue weighted by Crippen LogP contribution is 2.24.